The van der Waals surface area contributed by atoms with Crippen LogP contribution in [0, 0.1) is 5.92 Å². The number of aromatic nitrogens is 5. The summed E-state index contributed by atoms with van der Waals surface area (Å²) in [6, 6.07) is 10.8. The van der Waals surface area contributed by atoms with Crippen molar-refractivity contribution < 1.29 is 14.3 Å². The van der Waals surface area contributed by atoms with Crippen LogP contribution in [0.3, 0.4) is 0 Å². The van der Waals surface area contributed by atoms with Gasteiger partial charge >= 0.3 is 5.97 Å². The minimum absolute atomic E-state index is 0.246. The topological polar surface area (TPSA) is 142 Å². The van der Waals surface area contributed by atoms with Gasteiger partial charge in [0.25, 0.3) is 5.78 Å². The van der Waals surface area contributed by atoms with E-state index in [0.717, 1.165) is 64.3 Å². The average Bonchev–Trinajstić information content (AvgIpc) is 3.60. The summed E-state index contributed by atoms with van der Waals surface area (Å²) in [7, 11) is 0. The number of nitrogen functional groups attached to an aromatic ring is 1. The molecular weight excluding hydrogens is 474 g/mol. The SMILES string of the molecule is Nc1nc(N2CCC[C@@H](CN3CCN(c4cccc(C(=O)O)c4)CC3)C2)nc2nc(-c3ccco3)nn12. The van der Waals surface area contributed by atoms with E-state index in [1.54, 1.807) is 30.5 Å². The third-order valence-electron chi connectivity index (χ3n) is 7.11. The molecule has 2 fully saturated rings. The lowest BCUT2D eigenvalue weighted by molar-refractivity contribution is 0.0697. The number of anilines is 3. The van der Waals surface area contributed by atoms with Gasteiger partial charge in [-0.3, -0.25) is 4.90 Å². The fourth-order valence-electron chi connectivity index (χ4n) is 5.23. The van der Waals surface area contributed by atoms with Crippen molar-refractivity contribution in [2.45, 2.75) is 12.8 Å². The molecule has 0 aliphatic carbocycles. The van der Waals surface area contributed by atoms with Crippen molar-refractivity contribution in [2.75, 3.05) is 61.3 Å². The van der Waals surface area contributed by atoms with Crippen LogP contribution in [-0.4, -0.2) is 86.4 Å². The lowest BCUT2D eigenvalue weighted by Gasteiger charge is -2.40. The number of nitrogens with two attached hydrogens (primary N) is 1. The first kappa shape index (κ1) is 23.2. The molecule has 6 rings (SSSR count). The Bertz CT molecular complexity index is 1400. The maximum absolute atomic E-state index is 11.3. The number of carboxylic acid groups (broad SMARTS) is 1. The number of carboxylic acids is 1. The number of benzene rings is 1. The second-order valence-electron chi connectivity index (χ2n) is 9.60. The summed E-state index contributed by atoms with van der Waals surface area (Å²) in [5.41, 5.74) is 7.50. The Morgan fingerprint density at radius 3 is 2.70 bits per heavy atom. The van der Waals surface area contributed by atoms with Gasteiger partial charge in [0.1, 0.15) is 0 Å². The first-order valence-corrected chi connectivity index (χ1v) is 12.5. The van der Waals surface area contributed by atoms with E-state index >= 15 is 0 Å². The van der Waals surface area contributed by atoms with E-state index in [1.165, 1.54) is 4.52 Å². The van der Waals surface area contributed by atoms with Crippen LogP contribution in [0.5, 0.6) is 0 Å². The zero-order chi connectivity index (χ0) is 25.4. The first-order chi connectivity index (χ1) is 18.0. The van der Waals surface area contributed by atoms with Crippen LogP contribution in [0.15, 0.2) is 47.1 Å². The molecule has 4 aromatic rings. The Morgan fingerprint density at radius 2 is 1.92 bits per heavy atom. The van der Waals surface area contributed by atoms with Gasteiger partial charge in [-0.05, 0) is 49.1 Å². The number of aromatic carboxylic acids is 1. The smallest absolute Gasteiger partial charge is 0.335 e. The van der Waals surface area contributed by atoms with Gasteiger partial charge in [-0.2, -0.15) is 19.5 Å². The molecule has 3 aromatic heterocycles. The van der Waals surface area contributed by atoms with Crippen molar-refractivity contribution in [2.24, 2.45) is 5.92 Å². The Hall–Kier alpha value is -4.19. The third-order valence-corrected chi connectivity index (χ3v) is 7.11. The Morgan fingerprint density at radius 1 is 1.05 bits per heavy atom. The van der Waals surface area contributed by atoms with Crippen molar-refractivity contribution >= 4 is 29.3 Å². The molecule has 0 radical (unpaired) electrons. The largest absolute Gasteiger partial charge is 0.478 e. The quantitative estimate of drug-likeness (QED) is 0.399. The van der Waals surface area contributed by atoms with Crippen molar-refractivity contribution in [3.63, 3.8) is 0 Å². The highest BCUT2D eigenvalue weighted by molar-refractivity contribution is 5.88. The van der Waals surface area contributed by atoms with Crippen LogP contribution in [0.25, 0.3) is 17.4 Å². The van der Waals surface area contributed by atoms with Gasteiger partial charge in [0.05, 0.1) is 11.8 Å². The van der Waals surface area contributed by atoms with Gasteiger partial charge in [-0.15, -0.1) is 5.10 Å². The monoisotopic (exact) mass is 503 g/mol. The van der Waals surface area contributed by atoms with E-state index in [4.69, 9.17) is 10.2 Å². The Labute approximate surface area is 213 Å². The summed E-state index contributed by atoms with van der Waals surface area (Å²) in [5.74, 6) is 1.81. The molecule has 0 bridgehead atoms. The minimum Gasteiger partial charge on any atom is -0.478 e. The fourth-order valence-corrected chi connectivity index (χ4v) is 5.23. The highest BCUT2D eigenvalue weighted by Crippen LogP contribution is 2.25. The summed E-state index contributed by atoms with van der Waals surface area (Å²) in [4.78, 5) is 31.9. The summed E-state index contributed by atoms with van der Waals surface area (Å²) in [6.07, 6.45) is 3.79. The first-order valence-electron chi connectivity index (χ1n) is 12.5. The van der Waals surface area contributed by atoms with E-state index in [2.05, 4.69) is 34.8 Å². The molecule has 0 saturated carbocycles. The van der Waals surface area contributed by atoms with E-state index in [-0.39, 0.29) is 5.95 Å². The number of furan rings is 1. The predicted octanol–water partition coefficient (Wildman–Crippen LogP) is 2.10. The maximum Gasteiger partial charge on any atom is 0.335 e. The number of piperazine rings is 1. The molecule has 0 unspecified atom stereocenters. The van der Waals surface area contributed by atoms with E-state index in [1.807, 2.05) is 12.1 Å². The van der Waals surface area contributed by atoms with Crippen molar-refractivity contribution in [1.82, 2.24) is 29.5 Å². The number of rotatable bonds is 6. The highest BCUT2D eigenvalue weighted by atomic mass is 16.4. The fraction of sp³-hybridized carbons (Fsp3) is 0.400. The average molecular weight is 504 g/mol. The lowest BCUT2D eigenvalue weighted by Crippen LogP contribution is -2.49. The lowest BCUT2D eigenvalue weighted by atomic mass is 9.97. The zero-order valence-electron chi connectivity index (χ0n) is 20.4. The second-order valence-corrected chi connectivity index (χ2v) is 9.60. The van der Waals surface area contributed by atoms with Gasteiger partial charge in [-0.25, -0.2) is 4.79 Å². The maximum atomic E-state index is 11.3. The standard InChI is InChI=1S/C25H29N9O3/c26-23-28-24(29-25-27-21(30-34(23)25)20-7-3-13-37-20)33-8-2-4-17(16-33)15-31-9-11-32(12-10-31)19-6-1-5-18(14-19)22(35)36/h1,3,5-7,13-14,17H,2,4,8-12,15-16H2,(H,35,36)(H2,26,27,28,29,30)/t17-/m0/s1. The molecule has 12 heteroatoms. The summed E-state index contributed by atoms with van der Waals surface area (Å²) in [5, 5.41) is 13.7. The number of carbonyl (C=O) groups is 1. The number of hydrogen-bond donors (Lipinski definition) is 2. The molecule has 37 heavy (non-hydrogen) atoms. The Kier molecular flexibility index (Phi) is 6.08. The van der Waals surface area contributed by atoms with Gasteiger partial charge in [0, 0.05) is 51.5 Å². The molecule has 2 saturated heterocycles. The van der Waals surface area contributed by atoms with Crippen LogP contribution in [0.2, 0.25) is 0 Å². The molecule has 3 N–H and O–H groups in total. The summed E-state index contributed by atoms with van der Waals surface area (Å²) >= 11 is 0. The van der Waals surface area contributed by atoms with Gasteiger partial charge in [0.15, 0.2) is 5.76 Å². The highest BCUT2D eigenvalue weighted by Gasteiger charge is 2.27. The third kappa shape index (κ3) is 4.79. The van der Waals surface area contributed by atoms with Crippen molar-refractivity contribution in [1.29, 1.82) is 0 Å². The van der Waals surface area contributed by atoms with E-state index in [9.17, 15) is 9.90 Å². The van der Waals surface area contributed by atoms with Crippen molar-refractivity contribution in [3.05, 3.63) is 48.2 Å². The second kappa shape index (κ2) is 9.69. The molecule has 0 amide bonds. The van der Waals surface area contributed by atoms with Crippen LogP contribution < -0.4 is 15.5 Å². The summed E-state index contributed by atoms with van der Waals surface area (Å²) in [6.45, 7) is 6.37. The van der Waals surface area contributed by atoms with E-state index < -0.39 is 5.97 Å². The van der Waals surface area contributed by atoms with Crippen LogP contribution in [-0.2, 0) is 0 Å². The number of piperidine rings is 1. The molecule has 5 heterocycles. The molecule has 1 aromatic carbocycles. The van der Waals surface area contributed by atoms with Crippen molar-refractivity contribution in [3.8, 4) is 11.6 Å². The van der Waals surface area contributed by atoms with Gasteiger partial charge < -0.3 is 25.1 Å². The number of hydrogen-bond acceptors (Lipinski definition) is 10. The molecule has 1 atom stereocenters. The Balaban J connectivity index is 1.09. The molecule has 192 valence electrons. The summed E-state index contributed by atoms with van der Waals surface area (Å²) < 4.78 is 6.84. The molecule has 0 spiro atoms. The molecule has 12 nitrogen and oxygen atoms in total. The van der Waals surface area contributed by atoms with Crippen LogP contribution in [0.1, 0.15) is 23.2 Å². The van der Waals surface area contributed by atoms with Crippen LogP contribution >= 0.6 is 0 Å². The minimum atomic E-state index is -0.894. The number of nitrogens with zero attached hydrogens (tertiary/aromatic N) is 8. The van der Waals surface area contributed by atoms with E-state index in [0.29, 0.717) is 34.8 Å². The molecule has 2 aliphatic heterocycles. The van der Waals surface area contributed by atoms with Gasteiger partial charge in [0.2, 0.25) is 17.7 Å². The normalized spacial score (nSPS) is 19.0. The molecule has 2 aliphatic rings. The molecular formula is C25H29N9O3. The van der Waals surface area contributed by atoms with Gasteiger partial charge in [-0.1, -0.05) is 6.07 Å². The predicted molar refractivity (Wildman–Crippen MR) is 138 cm³/mol. The zero-order valence-corrected chi connectivity index (χ0v) is 20.4. The number of fused-ring (bicyclic) bond motifs is 1. The van der Waals surface area contributed by atoms with Crippen LogP contribution in [0.4, 0.5) is 17.6 Å².